The molecule has 2 heterocycles. The van der Waals surface area contributed by atoms with Gasteiger partial charge in [0.05, 0.1) is 19.3 Å². The molecule has 7 nitrogen and oxygen atoms in total. The maximum atomic E-state index is 12.6. The van der Waals surface area contributed by atoms with E-state index in [1.165, 1.54) is 4.90 Å². The Morgan fingerprint density at radius 1 is 1.24 bits per heavy atom. The smallest absolute Gasteiger partial charge is 0.320 e. The van der Waals surface area contributed by atoms with Crippen LogP contribution in [-0.2, 0) is 9.53 Å². The molecule has 0 aromatic heterocycles. The average Bonchev–Trinajstić information content (AvgIpc) is 2.94. The van der Waals surface area contributed by atoms with E-state index in [1.807, 2.05) is 0 Å². The Bertz CT molecular complexity index is 404. The van der Waals surface area contributed by atoms with E-state index in [1.54, 1.807) is 19.0 Å². The number of likely N-dealkylation sites (N-methyl/N-ethyl adjacent to an activating group) is 3. The topological polar surface area (TPSA) is 73.3 Å². The molecule has 0 aromatic carbocycles. The number of likely N-dealkylation sites (tertiary alicyclic amines) is 1. The van der Waals surface area contributed by atoms with E-state index < -0.39 is 17.9 Å². The zero-order valence-electron chi connectivity index (χ0n) is 13.0. The quantitative estimate of drug-likeness (QED) is 0.804. The van der Waals surface area contributed by atoms with Crippen LogP contribution in [0.2, 0.25) is 0 Å². The summed E-state index contributed by atoms with van der Waals surface area (Å²) in [5, 5.41) is 9.20. The molecule has 2 saturated heterocycles. The van der Waals surface area contributed by atoms with Gasteiger partial charge in [0.25, 0.3) is 0 Å². The van der Waals surface area contributed by atoms with Gasteiger partial charge in [0.2, 0.25) is 0 Å². The van der Waals surface area contributed by atoms with Crippen molar-refractivity contribution in [2.75, 3.05) is 47.4 Å². The molecule has 2 rings (SSSR count). The zero-order chi connectivity index (χ0) is 15.6. The standard InChI is InChI=1S/C14H25N3O4/c1-15-6-4-5-10(7-15)16(2)14(20)17(3)12-9-21-8-11(12)13(18)19/h10-12H,4-9H2,1-3H3,(H,18,19). The first-order valence-corrected chi connectivity index (χ1v) is 7.40. The van der Waals surface area contributed by atoms with Crippen molar-refractivity contribution in [1.82, 2.24) is 14.7 Å². The second-order valence-corrected chi connectivity index (χ2v) is 6.11. The number of carboxylic acids is 1. The molecule has 2 aliphatic rings. The minimum absolute atomic E-state index is 0.128. The normalized spacial score (nSPS) is 30.1. The fourth-order valence-corrected chi connectivity index (χ4v) is 3.16. The lowest BCUT2D eigenvalue weighted by molar-refractivity contribution is -0.142. The van der Waals surface area contributed by atoms with Crippen molar-refractivity contribution < 1.29 is 19.4 Å². The Morgan fingerprint density at radius 2 is 1.95 bits per heavy atom. The fourth-order valence-electron chi connectivity index (χ4n) is 3.16. The molecule has 3 unspecified atom stereocenters. The van der Waals surface area contributed by atoms with Crippen LogP contribution < -0.4 is 0 Å². The molecule has 2 fully saturated rings. The number of nitrogens with zero attached hydrogens (tertiary/aromatic N) is 3. The Morgan fingerprint density at radius 3 is 2.57 bits per heavy atom. The molecule has 0 bridgehead atoms. The molecule has 0 saturated carbocycles. The van der Waals surface area contributed by atoms with Crippen LogP contribution in [0, 0.1) is 5.92 Å². The summed E-state index contributed by atoms with van der Waals surface area (Å²) in [6, 6.07) is -0.333. The number of carbonyl (C=O) groups is 2. The van der Waals surface area contributed by atoms with Crippen LogP contribution in [0.5, 0.6) is 0 Å². The second kappa shape index (κ2) is 6.62. The third kappa shape index (κ3) is 3.47. The van der Waals surface area contributed by atoms with Crippen molar-refractivity contribution in [3.8, 4) is 0 Å². The van der Waals surface area contributed by atoms with Crippen molar-refractivity contribution in [2.45, 2.75) is 24.9 Å². The molecule has 21 heavy (non-hydrogen) atoms. The lowest BCUT2D eigenvalue weighted by atomic mass is 10.0. The van der Waals surface area contributed by atoms with Crippen LogP contribution in [-0.4, -0.2) is 91.3 Å². The van der Waals surface area contributed by atoms with Crippen LogP contribution >= 0.6 is 0 Å². The monoisotopic (exact) mass is 299 g/mol. The number of rotatable bonds is 3. The first kappa shape index (κ1) is 16.0. The summed E-state index contributed by atoms with van der Waals surface area (Å²) in [6.07, 6.45) is 2.07. The summed E-state index contributed by atoms with van der Waals surface area (Å²) in [5.41, 5.74) is 0. The number of carboxylic acid groups (broad SMARTS) is 1. The van der Waals surface area contributed by atoms with Crippen LogP contribution in [0.3, 0.4) is 0 Å². The molecule has 0 spiro atoms. The van der Waals surface area contributed by atoms with Crippen LogP contribution in [0.4, 0.5) is 4.79 Å². The first-order chi connectivity index (χ1) is 9.91. The van der Waals surface area contributed by atoms with Crippen LogP contribution in [0.25, 0.3) is 0 Å². The fraction of sp³-hybridized carbons (Fsp3) is 0.857. The SMILES string of the molecule is CN1CCCC(N(C)C(=O)N(C)C2COCC2C(=O)O)C1. The summed E-state index contributed by atoms with van der Waals surface area (Å²) in [4.78, 5) is 29.3. The Hall–Kier alpha value is -1.34. The third-order valence-electron chi connectivity index (χ3n) is 4.62. The minimum Gasteiger partial charge on any atom is -0.481 e. The molecule has 1 N–H and O–H groups in total. The van der Waals surface area contributed by atoms with Crippen molar-refractivity contribution in [2.24, 2.45) is 5.92 Å². The molecular formula is C14H25N3O4. The Balaban J connectivity index is 1.99. The van der Waals surface area contributed by atoms with E-state index in [0.29, 0.717) is 0 Å². The van der Waals surface area contributed by atoms with Gasteiger partial charge in [-0.1, -0.05) is 0 Å². The van der Waals surface area contributed by atoms with Gasteiger partial charge in [-0.15, -0.1) is 0 Å². The number of ether oxygens (including phenoxy) is 1. The number of carbonyl (C=O) groups excluding carboxylic acids is 1. The number of aliphatic carboxylic acids is 1. The zero-order valence-corrected chi connectivity index (χ0v) is 13.0. The number of piperidine rings is 1. The summed E-state index contributed by atoms with van der Waals surface area (Å²) >= 11 is 0. The molecule has 2 amide bonds. The van der Waals surface area contributed by atoms with Crippen molar-refractivity contribution in [1.29, 1.82) is 0 Å². The van der Waals surface area contributed by atoms with Crippen LogP contribution in [0.15, 0.2) is 0 Å². The van der Waals surface area contributed by atoms with E-state index >= 15 is 0 Å². The Kier molecular flexibility index (Phi) is 5.05. The van der Waals surface area contributed by atoms with Gasteiger partial charge in [-0.25, -0.2) is 4.79 Å². The summed E-state index contributed by atoms with van der Waals surface area (Å²) in [6.45, 7) is 2.39. The van der Waals surface area contributed by atoms with Gasteiger partial charge in [0.15, 0.2) is 0 Å². The highest BCUT2D eigenvalue weighted by Crippen LogP contribution is 2.21. The van der Waals surface area contributed by atoms with Crippen molar-refractivity contribution in [3.05, 3.63) is 0 Å². The van der Waals surface area contributed by atoms with Crippen molar-refractivity contribution in [3.63, 3.8) is 0 Å². The van der Waals surface area contributed by atoms with Gasteiger partial charge in [0, 0.05) is 26.7 Å². The lowest BCUT2D eigenvalue weighted by Gasteiger charge is -2.39. The molecule has 2 aliphatic heterocycles. The summed E-state index contributed by atoms with van der Waals surface area (Å²) < 4.78 is 5.24. The van der Waals surface area contributed by atoms with E-state index in [0.717, 1.165) is 25.9 Å². The molecular weight excluding hydrogens is 274 g/mol. The molecule has 3 atom stereocenters. The first-order valence-electron chi connectivity index (χ1n) is 7.40. The highest BCUT2D eigenvalue weighted by Gasteiger charge is 2.40. The Labute approximate surface area is 125 Å². The van der Waals surface area contributed by atoms with Crippen LogP contribution in [0.1, 0.15) is 12.8 Å². The molecule has 0 aliphatic carbocycles. The van der Waals surface area contributed by atoms with E-state index in [2.05, 4.69) is 11.9 Å². The van der Waals surface area contributed by atoms with E-state index in [-0.39, 0.29) is 25.3 Å². The van der Waals surface area contributed by atoms with Gasteiger partial charge < -0.3 is 24.5 Å². The highest BCUT2D eigenvalue weighted by atomic mass is 16.5. The highest BCUT2D eigenvalue weighted by molar-refractivity contribution is 5.77. The molecule has 7 heteroatoms. The van der Waals surface area contributed by atoms with Crippen molar-refractivity contribution >= 4 is 12.0 Å². The number of hydrogen-bond acceptors (Lipinski definition) is 4. The lowest BCUT2D eigenvalue weighted by Crippen LogP contribution is -2.54. The predicted octanol–water partition coefficient (Wildman–Crippen LogP) is 0.164. The summed E-state index contributed by atoms with van der Waals surface area (Å²) in [7, 11) is 5.52. The maximum Gasteiger partial charge on any atom is 0.320 e. The van der Waals surface area contributed by atoms with E-state index in [9.17, 15) is 14.7 Å². The molecule has 120 valence electrons. The van der Waals surface area contributed by atoms with Gasteiger partial charge in [-0.2, -0.15) is 0 Å². The van der Waals surface area contributed by atoms with Gasteiger partial charge in [0.1, 0.15) is 5.92 Å². The predicted molar refractivity (Wildman–Crippen MR) is 77.2 cm³/mol. The maximum absolute atomic E-state index is 12.6. The van der Waals surface area contributed by atoms with Gasteiger partial charge in [-0.3, -0.25) is 4.79 Å². The van der Waals surface area contributed by atoms with Gasteiger partial charge in [-0.05, 0) is 26.4 Å². The van der Waals surface area contributed by atoms with Gasteiger partial charge >= 0.3 is 12.0 Å². The molecule has 0 radical (unpaired) electrons. The number of urea groups is 1. The average molecular weight is 299 g/mol. The summed E-state index contributed by atoms with van der Waals surface area (Å²) in [5.74, 6) is -1.54. The second-order valence-electron chi connectivity index (χ2n) is 6.11. The van der Waals surface area contributed by atoms with E-state index in [4.69, 9.17) is 4.74 Å². The largest absolute Gasteiger partial charge is 0.481 e. The number of hydrogen-bond donors (Lipinski definition) is 1. The third-order valence-corrected chi connectivity index (χ3v) is 4.62. The molecule has 0 aromatic rings. The minimum atomic E-state index is -0.905. The number of amides is 2.